The Morgan fingerprint density at radius 3 is 2.76 bits per heavy atom. The first-order chi connectivity index (χ1) is 8.13. The maximum absolute atomic E-state index is 13.0. The van der Waals surface area contributed by atoms with Crippen LogP contribution >= 0.6 is 11.6 Å². The van der Waals surface area contributed by atoms with Gasteiger partial charge in [-0.15, -0.1) is 11.6 Å². The van der Waals surface area contributed by atoms with Crippen LogP contribution in [0.25, 0.3) is 5.69 Å². The first-order valence-electron chi connectivity index (χ1n) is 5.11. The molecule has 1 aromatic heterocycles. The molecule has 90 valence electrons. The highest BCUT2D eigenvalue weighted by Gasteiger charge is 2.20. The van der Waals surface area contributed by atoms with Gasteiger partial charge in [-0.25, -0.2) is 13.5 Å². The molecule has 0 spiro atoms. The van der Waals surface area contributed by atoms with Crippen molar-refractivity contribution < 1.29 is 8.78 Å². The van der Waals surface area contributed by atoms with E-state index < -0.39 is 6.43 Å². The number of aryl methyl sites for hydroxylation is 1. The fourth-order valence-corrected chi connectivity index (χ4v) is 1.90. The molecule has 0 aliphatic rings. The van der Waals surface area contributed by atoms with E-state index >= 15 is 0 Å². The van der Waals surface area contributed by atoms with E-state index in [4.69, 9.17) is 11.6 Å². The summed E-state index contributed by atoms with van der Waals surface area (Å²) in [6, 6.07) is 7.25. The molecule has 1 heterocycles. The van der Waals surface area contributed by atoms with Crippen molar-refractivity contribution >= 4 is 11.6 Å². The molecule has 0 saturated heterocycles. The minimum absolute atomic E-state index is 0.0332. The maximum atomic E-state index is 13.0. The van der Waals surface area contributed by atoms with Gasteiger partial charge >= 0.3 is 0 Å². The summed E-state index contributed by atoms with van der Waals surface area (Å²) in [5.41, 5.74) is 1.84. The molecule has 0 bridgehead atoms. The van der Waals surface area contributed by atoms with Crippen molar-refractivity contribution in [2.24, 2.45) is 0 Å². The van der Waals surface area contributed by atoms with E-state index in [-0.39, 0.29) is 11.6 Å². The maximum Gasteiger partial charge on any atom is 0.280 e. The molecule has 0 unspecified atom stereocenters. The Labute approximate surface area is 103 Å². The Hall–Kier alpha value is -1.42. The van der Waals surface area contributed by atoms with Crippen molar-refractivity contribution in [3.63, 3.8) is 0 Å². The van der Waals surface area contributed by atoms with Gasteiger partial charge in [0.05, 0.1) is 17.8 Å². The van der Waals surface area contributed by atoms with Crippen LogP contribution in [0.5, 0.6) is 0 Å². The first kappa shape index (κ1) is 12.0. The van der Waals surface area contributed by atoms with Gasteiger partial charge in [-0.2, -0.15) is 5.10 Å². The van der Waals surface area contributed by atoms with Crippen LogP contribution in [0, 0.1) is 6.92 Å². The number of rotatable bonds is 3. The average molecular weight is 257 g/mol. The van der Waals surface area contributed by atoms with Crippen molar-refractivity contribution in [3.8, 4) is 5.69 Å². The Bertz CT molecular complexity index is 523. The zero-order valence-corrected chi connectivity index (χ0v) is 9.96. The van der Waals surface area contributed by atoms with E-state index in [0.717, 1.165) is 5.56 Å². The van der Waals surface area contributed by atoms with Crippen LogP contribution in [0.1, 0.15) is 23.2 Å². The minimum Gasteiger partial charge on any atom is -0.232 e. The molecule has 0 aliphatic heterocycles. The molecule has 2 rings (SSSR count). The van der Waals surface area contributed by atoms with Gasteiger partial charge in [0.15, 0.2) is 0 Å². The lowest BCUT2D eigenvalue weighted by atomic mass is 10.2. The third-order valence-corrected chi connectivity index (χ3v) is 2.77. The zero-order chi connectivity index (χ0) is 12.4. The number of benzene rings is 1. The van der Waals surface area contributed by atoms with Crippen LogP contribution in [0.2, 0.25) is 0 Å². The molecule has 0 saturated carbocycles. The van der Waals surface area contributed by atoms with Gasteiger partial charge in [0, 0.05) is 5.56 Å². The van der Waals surface area contributed by atoms with E-state index in [9.17, 15) is 8.78 Å². The van der Waals surface area contributed by atoms with Gasteiger partial charge in [0.2, 0.25) is 0 Å². The normalized spacial score (nSPS) is 11.1. The molecule has 17 heavy (non-hydrogen) atoms. The quantitative estimate of drug-likeness (QED) is 0.763. The van der Waals surface area contributed by atoms with Crippen LogP contribution in [-0.2, 0) is 5.88 Å². The second kappa shape index (κ2) is 4.84. The average Bonchev–Trinajstić information content (AvgIpc) is 2.72. The summed E-state index contributed by atoms with van der Waals surface area (Å²) in [7, 11) is 0. The van der Waals surface area contributed by atoms with Gasteiger partial charge in [0.1, 0.15) is 5.69 Å². The number of hydrogen-bond donors (Lipinski definition) is 0. The number of aromatic nitrogens is 2. The smallest absolute Gasteiger partial charge is 0.232 e. The Balaban J connectivity index is 2.56. The number of halogens is 3. The lowest BCUT2D eigenvalue weighted by Crippen LogP contribution is -2.04. The third kappa shape index (κ3) is 2.31. The van der Waals surface area contributed by atoms with Crippen LogP contribution < -0.4 is 0 Å². The van der Waals surface area contributed by atoms with Crippen molar-refractivity contribution in [1.82, 2.24) is 9.78 Å². The number of hydrogen-bond acceptors (Lipinski definition) is 1. The van der Waals surface area contributed by atoms with Gasteiger partial charge in [-0.05, 0) is 24.6 Å². The van der Waals surface area contributed by atoms with Gasteiger partial charge < -0.3 is 0 Å². The highest BCUT2D eigenvalue weighted by molar-refractivity contribution is 6.17. The molecule has 2 nitrogen and oxygen atoms in total. The number of nitrogens with zero attached hydrogens (tertiary/aromatic N) is 2. The minimum atomic E-state index is -2.59. The first-order valence-corrected chi connectivity index (χ1v) is 5.65. The van der Waals surface area contributed by atoms with Gasteiger partial charge in [-0.1, -0.05) is 12.1 Å². The zero-order valence-electron chi connectivity index (χ0n) is 9.20. The van der Waals surface area contributed by atoms with Gasteiger partial charge in [-0.3, -0.25) is 0 Å². The molecule has 0 aliphatic carbocycles. The van der Waals surface area contributed by atoms with Gasteiger partial charge in [0.25, 0.3) is 6.43 Å². The van der Waals surface area contributed by atoms with E-state index in [1.165, 1.54) is 10.9 Å². The molecule has 0 N–H and O–H groups in total. The predicted octanol–water partition coefficient (Wildman–Crippen LogP) is 3.86. The summed E-state index contributed by atoms with van der Waals surface area (Å²) in [5.74, 6) is 0.0332. The largest absolute Gasteiger partial charge is 0.280 e. The molecule has 0 amide bonds. The van der Waals surface area contributed by atoms with Crippen LogP contribution in [0.4, 0.5) is 8.78 Å². The van der Waals surface area contributed by atoms with Crippen molar-refractivity contribution in [2.75, 3.05) is 0 Å². The van der Waals surface area contributed by atoms with E-state index in [1.807, 2.05) is 19.1 Å². The topological polar surface area (TPSA) is 17.8 Å². The Morgan fingerprint density at radius 1 is 1.41 bits per heavy atom. The van der Waals surface area contributed by atoms with Crippen molar-refractivity contribution in [3.05, 3.63) is 47.3 Å². The molecule has 5 heteroatoms. The predicted molar refractivity (Wildman–Crippen MR) is 62.8 cm³/mol. The summed E-state index contributed by atoms with van der Waals surface area (Å²) in [4.78, 5) is 0. The summed E-state index contributed by atoms with van der Waals surface area (Å²) in [6.45, 7) is 1.90. The van der Waals surface area contributed by atoms with Crippen molar-refractivity contribution in [2.45, 2.75) is 19.2 Å². The summed E-state index contributed by atoms with van der Waals surface area (Å²) >= 11 is 5.62. The molecule has 2 aromatic rings. The molecule has 0 fully saturated rings. The summed E-state index contributed by atoms with van der Waals surface area (Å²) in [6.07, 6.45) is -1.21. The highest BCUT2D eigenvalue weighted by atomic mass is 35.5. The standard InChI is InChI=1S/C12H11ClF2N2/c1-8-3-2-4-10(5-8)17-11(12(14)15)9(6-13)7-16-17/h2-5,7,12H,6H2,1H3. The second-order valence-corrected chi connectivity index (χ2v) is 4.01. The molecular formula is C12H11ClF2N2. The summed E-state index contributed by atoms with van der Waals surface area (Å²) in [5, 5.41) is 3.97. The Morgan fingerprint density at radius 2 is 2.18 bits per heavy atom. The second-order valence-electron chi connectivity index (χ2n) is 3.74. The molecule has 0 radical (unpaired) electrons. The Kier molecular flexibility index (Phi) is 3.43. The fourth-order valence-electron chi connectivity index (χ4n) is 1.69. The van der Waals surface area contributed by atoms with Crippen LogP contribution in [0.3, 0.4) is 0 Å². The molecule has 0 atom stereocenters. The fraction of sp³-hybridized carbons (Fsp3) is 0.250. The SMILES string of the molecule is Cc1cccc(-n2ncc(CCl)c2C(F)F)c1. The monoisotopic (exact) mass is 256 g/mol. The van der Waals surface area contributed by atoms with E-state index in [0.29, 0.717) is 11.3 Å². The van der Waals surface area contributed by atoms with Crippen molar-refractivity contribution in [1.29, 1.82) is 0 Å². The summed E-state index contributed by atoms with van der Waals surface area (Å²) < 4.78 is 27.2. The van der Waals surface area contributed by atoms with Crippen LogP contribution in [-0.4, -0.2) is 9.78 Å². The van der Waals surface area contributed by atoms with E-state index in [2.05, 4.69) is 5.10 Å². The molecule has 1 aromatic carbocycles. The number of alkyl halides is 3. The van der Waals surface area contributed by atoms with Crippen LogP contribution in [0.15, 0.2) is 30.5 Å². The van der Waals surface area contributed by atoms with E-state index in [1.54, 1.807) is 12.1 Å². The third-order valence-electron chi connectivity index (χ3n) is 2.48. The lowest BCUT2D eigenvalue weighted by Gasteiger charge is -2.08. The highest BCUT2D eigenvalue weighted by Crippen LogP contribution is 2.26. The molecular weight excluding hydrogens is 246 g/mol. The lowest BCUT2D eigenvalue weighted by molar-refractivity contribution is 0.142.